The number of carbonyl (C=O) groups is 3. The molecule has 0 bridgehead atoms. The van der Waals surface area contributed by atoms with Crippen LogP contribution in [0.2, 0.25) is 0 Å². The van der Waals surface area contributed by atoms with Crippen molar-refractivity contribution in [3.05, 3.63) is 34.9 Å². The fraction of sp³-hybridized carbons (Fsp3) is 0.550. The molecule has 0 radical (unpaired) electrons. The molecule has 5 heteroatoms. The Morgan fingerprint density at radius 1 is 1.08 bits per heavy atom. The van der Waals surface area contributed by atoms with E-state index in [1.807, 2.05) is 6.92 Å². The van der Waals surface area contributed by atoms with Crippen LogP contribution in [0.1, 0.15) is 89.4 Å². The fourth-order valence-corrected chi connectivity index (χ4v) is 3.64. The fourth-order valence-electron chi connectivity index (χ4n) is 3.64. The van der Waals surface area contributed by atoms with Gasteiger partial charge in [-0.15, -0.1) is 0 Å². The first-order valence-corrected chi connectivity index (χ1v) is 9.43. The number of nitrogens with zero attached hydrogens (tertiary/aromatic N) is 1. The molecule has 0 unspecified atom stereocenters. The Balaban J connectivity index is 1.73. The van der Waals surface area contributed by atoms with E-state index in [9.17, 15) is 14.4 Å². The van der Waals surface area contributed by atoms with Gasteiger partial charge in [-0.1, -0.05) is 39.0 Å². The van der Waals surface area contributed by atoms with Gasteiger partial charge in [0, 0.05) is 18.2 Å². The molecule has 1 N–H and O–H groups in total. The summed E-state index contributed by atoms with van der Waals surface area (Å²) < 4.78 is 0. The lowest BCUT2D eigenvalue weighted by molar-refractivity contribution is 0.0652. The summed E-state index contributed by atoms with van der Waals surface area (Å²) in [6.07, 6.45) is 8.49. The van der Waals surface area contributed by atoms with E-state index in [-0.39, 0.29) is 23.8 Å². The number of unbranched alkanes of at least 4 members (excludes halogenated alkanes) is 1. The molecule has 2 aliphatic rings. The van der Waals surface area contributed by atoms with Crippen molar-refractivity contribution in [1.82, 2.24) is 10.2 Å². The number of fused-ring (bicyclic) bond motifs is 1. The molecule has 1 saturated carbocycles. The predicted octanol–water partition coefficient (Wildman–Crippen LogP) is 3.54. The van der Waals surface area contributed by atoms with Crippen molar-refractivity contribution in [3.63, 3.8) is 0 Å². The molecule has 3 amide bonds. The molecule has 1 aromatic rings. The Labute approximate surface area is 148 Å². The summed E-state index contributed by atoms with van der Waals surface area (Å²) in [5.41, 5.74) is 1.23. The van der Waals surface area contributed by atoms with E-state index >= 15 is 0 Å². The van der Waals surface area contributed by atoms with Gasteiger partial charge >= 0.3 is 0 Å². The molecular weight excluding hydrogens is 316 g/mol. The van der Waals surface area contributed by atoms with Crippen LogP contribution in [0.3, 0.4) is 0 Å². The average molecular weight is 342 g/mol. The van der Waals surface area contributed by atoms with Crippen LogP contribution >= 0.6 is 0 Å². The number of rotatable bonds is 5. The van der Waals surface area contributed by atoms with E-state index in [1.54, 1.807) is 18.2 Å². The molecule has 25 heavy (non-hydrogen) atoms. The molecule has 1 aliphatic heterocycles. The van der Waals surface area contributed by atoms with E-state index in [2.05, 4.69) is 5.32 Å². The Bertz CT molecular complexity index is 676. The second kappa shape index (κ2) is 7.81. The molecule has 5 nitrogen and oxygen atoms in total. The second-order valence-electron chi connectivity index (χ2n) is 7.04. The van der Waals surface area contributed by atoms with Crippen molar-refractivity contribution in [1.29, 1.82) is 0 Å². The molecule has 0 spiro atoms. The molecule has 0 aromatic heterocycles. The largest absolute Gasteiger partial charge is 0.349 e. The highest BCUT2D eigenvalue weighted by Gasteiger charge is 2.35. The topological polar surface area (TPSA) is 66.5 Å². The van der Waals surface area contributed by atoms with Crippen LogP contribution < -0.4 is 5.32 Å². The molecule has 0 saturated heterocycles. The van der Waals surface area contributed by atoms with Gasteiger partial charge in [0.2, 0.25) is 0 Å². The number of benzene rings is 1. The van der Waals surface area contributed by atoms with Crippen LogP contribution in [-0.4, -0.2) is 35.2 Å². The standard InChI is InChI=1S/C20H26N2O3/c1-2-3-12-22-19(24)16-11-10-14(13-17(16)20(22)25)18(23)21-15-8-6-4-5-7-9-15/h10-11,13,15H,2-9,12H2,1H3,(H,21,23). The first-order valence-electron chi connectivity index (χ1n) is 9.43. The summed E-state index contributed by atoms with van der Waals surface area (Å²) >= 11 is 0. The van der Waals surface area contributed by atoms with Crippen LogP contribution in [0.4, 0.5) is 0 Å². The van der Waals surface area contributed by atoms with E-state index in [0.29, 0.717) is 23.2 Å². The van der Waals surface area contributed by atoms with E-state index in [0.717, 1.165) is 38.5 Å². The number of carbonyl (C=O) groups excluding carboxylic acids is 3. The lowest BCUT2D eigenvalue weighted by Gasteiger charge is -2.16. The third-order valence-electron chi connectivity index (χ3n) is 5.16. The molecule has 1 aromatic carbocycles. The van der Waals surface area contributed by atoms with Gasteiger partial charge in [0.1, 0.15) is 0 Å². The molecular formula is C20H26N2O3. The van der Waals surface area contributed by atoms with Gasteiger partial charge in [0.25, 0.3) is 17.7 Å². The molecule has 134 valence electrons. The van der Waals surface area contributed by atoms with Crippen molar-refractivity contribution in [2.75, 3.05) is 6.54 Å². The second-order valence-corrected chi connectivity index (χ2v) is 7.04. The minimum atomic E-state index is -0.280. The average Bonchev–Trinajstić information content (AvgIpc) is 2.79. The summed E-state index contributed by atoms with van der Waals surface area (Å²) in [6, 6.07) is 5.05. The van der Waals surface area contributed by atoms with Crippen molar-refractivity contribution < 1.29 is 14.4 Å². The highest BCUT2D eigenvalue weighted by molar-refractivity contribution is 6.22. The third-order valence-corrected chi connectivity index (χ3v) is 5.16. The Kier molecular flexibility index (Phi) is 5.51. The summed E-state index contributed by atoms with van der Waals surface area (Å²) in [5, 5.41) is 3.09. The molecule has 0 atom stereocenters. The Hall–Kier alpha value is -2.17. The quantitative estimate of drug-likeness (QED) is 0.657. The van der Waals surface area contributed by atoms with Gasteiger partial charge in [-0.2, -0.15) is 0 Å². The number of imide groups is 1. The lowest BCUT2D eigenvalue weighted by Crippen LogP contribution is -2.34. The van der Waals surface area contributed by atoms with Gasteiger partial charge < -0.3 is 5.32 Å². The van der Waals surface area contributed by atoms with Crippen molar-refractivity contribution >= 4 is 17.7 Å². The summed E-state index contributed by atoms with van der Waals surface area (Å²) in [5.74, 6) is -0.677. The van der Waals surface area contributed by atoms with Gasteiger partial charge in [0.05, 0.1) is 11.1 Å². The van der Waals surface area contributed by atoms with Gasteiger partial charge in [-0.25, -0.2) is 0 Å². The van der Waals surface area contributed by atoms with Gasteiger partial charge in [-0.05, 0) is 37.5 Å². The maximum Gasteiger partial charge on any atom is 0.261 e. The minimum absolute atomic E-state index is 0.151. The van der Waals surface area contributed by atoms with Crippen molar-refractivity contribution in [2.45, 2.75) is 64.3 Å². The number of hydrogen-bond donors (Lipinski definition) is 1. The zero-order valence-corrected chi connectivity index (χ0v) is 14.8. The first-order chi connectivity index (χ1) is 12.1. The van der Waals surface area contributed by atoms with Crippen molar-refractivity contribution in [3.8, 4) is 0 Å². The molecule has 1 fully saturated rings. The number of nitrogens with one attached hydrogen (secondary N) is 1. The van der Waals surface area contributed by atoms with Crippen LogP contribution in [0.25, 0.3) is 0 Å². The zero-order valence-electron chi connectivity index (χ0n) is 14.8. The summed E-state index contributed by atoms with van der Waals surface area (Å²) in [6.45, 7) is 2.46. The van der Waals surface area contributed by atoms with Gasteiger partial charge in [-0.3, -0.25) is 19.3 Å². The molecule has 1 heterocycles. The summed E-state index contributed by atoms with van der Waals surface area (Å²) in [4.78, 5) is 38.7. The van der Waals surface area contributed by atoms with E-state index in [4.69, 9.17) is 0 Å². The predicted molar refractivity (Wildman–Crippen MR) is 95.7 cm³/mol. The van der Waals surface area contributed by atoms with E-state index in [1.165, 1.54) is 17.7 Å². The maximum absolute atomic E-state index is 12.5. The summed E-state index contributed by atoms with van der Waals surface area (Å²) in [7, 11) is 0. The smallest absolute Gasteiger partial charge is 0.261 e. The van der Waals surface area contributed by atoms with Crippen LogP contribution in [0.5, 0.6) is 0 Å². The molecule has 3 rings (SSSR count). The highest BCUT2D eigenvalue weighted by atomic mass is 16.2. The van der Waals surface area contributed by atoms with Gasteiger partial charge in [0.15, 0.2) is 0 Å². The third kappa shape index (κ3) is 3.75. The highest BCUT2D eigenvalue weighted by Crippen LogP contribution is 2.25. The minimum Gasteiger partial charge on any atom is -0.349 e. The normalized spacial score (nSPS) is 18.2. The number of hydrogen-bond acceptors (Lipinski definition) is 3. The van der Waals surface area contributed by atoms with Crippen LogP contribution in [0, 0.1) is 0 Å². The monoisotopic (exact) mass is 342 g/mol. The molecule has 1 aliphatic carbocycles. The van der Waals surface area contributed by atoms with Crippen LogP contribution in [0.15, 0.2) is 18.2 Å². The first kappa shape index (κ1) is 17.6. The Morgan fingerprint density at radius 2 is 1.76 bits per heavy atom. The number of amides is 3. The zero-order chi connectivity index (χ0) is 17.8. The van der Waals surface area contributed by atoms with E-state index < -0.39 is 0 Å². The lowest BCUT2D eigenvalue weighted by atomic mass is 10.0. The Morgan fingerprint density at radius 3 is 2.44 bits per heavy atom. The SMILES string of the molecule is CCCCN1C(=O)c2ccc(C(=O)NC3CCCCCC3)cc2C1=O. The van der Waals surface area contributed by atoms with Crippen LogP contribution in [-0.2, 0) is 0 Å². The maximum atomic E-state index is 12.5. The van der Waals surface area contributed by atoms with Crippen molar-refractivity contribution in [2.24, 2.45) is 0 Å².